The Morgan fingerprint density at radius 2 is 1.92 bits per heavy atom. The van der Waals surface area contributed by atoms with Gasteiger partial charge < -0.3 is 10.2 Å². The van der Waals surface area contributed by atoms with Crippen molar-refractivity contribution in [2.75, 3.05) is 0 Å². The van der Waals surface area contributed by atoms with E-state index in [9.17, 15) is 9.90 Å². The zero-order valence-corrected chi connectivity index (χ0v) is 13.3. The van der Waals surface area contributed by atoms with Crippen LogP contribution in [-0.2, 0) is 11.2 Å². The summed E-state index contributed by atoms with van der Waals surface area (Å²) in [5.74, 6) is -0.646. The van der Waals surface area contributed by atoms with E-state index in [4.69, 9.17) is 5.11 Å². The number of carboxylic acid groups (broad SMARTS) is 1. The molecule has 0 bridgehead atoms. The van der Waals surface area contributed by atoms with Gasteiger partial charge in [0.25, 0.3) is 0 Å². The minimum atomic E-state index is -0.995. The molecule has 0 aliphatic heterocycles. The number of azo groups is 1. The molecule has 2 N–H and O–H groups in total. The fourth-order valence-electron chi connectivity index (χ4n) is 2.36. The van der Waals surface area contributed by atoms with Gasteiger partial charge in [0.2, 0.25) is 0 Å². The number of phenolic OH excluding ortho intramolecular Hbond substituents is 1. The number of carbonyl (C=O) groups is 1. The van der Waals surface area contributed by atoms with Gasteiger partial charge in [-0.3, -0.25) is 9.20 Å². The van der Waals surface area contributed by atoms with Crippen LogP contribution in [0.5, 0.6) is 5.75 Å². The number of aromatic nitrogens is 2. The van der Waals surface area contributed by atoms with Crippen molar-refractivity contribution in [2.45, 2.75) is 20.3 Å². The van der Waals surface area contributed by atoms with Crippen molar-refractivity contribution in [3.63, 3.8) is 0 Å². The number of aryl methyl sites for hydroxylation is 2. The van der Waals surface area contributed by atoms with Crippen LogP contribution in [-0.4, -0.2) is 25.6 Å². The highest BCUT2D eigenvalue weighted by Gasteiger charge is 2.15. The van der Waals surface area contributed by atoms with Crippen LogP contribution in [0.15, 0.2) is 46.8 Å². The number of aromatic hydroxyl groups is 1. The van der Waals surface area contributed by atoms with Gasteiger partial charge in [0.15, 0.2) is 5.82 Å². The molecule has 0 radical (unpaired) electrons. The van der Waals surface area contributed by atoms with Gasteiger partial charge in [-0.1, -0.05) is 6.07 Å². The summed E-state index contributed by atoms with van der Waals surface area (Å²) in [6, 6.07) is 8.72. The summed E-state index contributed by atoms with van der Waals surface area (Å²) < 4.78 is 1.68. The maximum Gasteiger partial charge on any atom is 0.309 e. The van der Waals surface area contributed by atoms with Crippen molar-refractivity contribution < 1.29 is 15.0 Å². The number of phenols is 1. The minimum absolute atomic E-state index is 0.00815. The van der Waals surface area contributed by atoms with E-state index in [0.717, 1.165) is 11.1 Å². The molecule has 0 unspecified atom stereocenters. The number of pyridine rings is 1. The Bertz CT molecular complexity index is 960. The Hall–Kier alpha value is -3.22. The highest BCUT2D eigenvalue weighted by molar-refractivity contribution is 5.72. The predicted molar refractivity (Wildman–Crippen MR) is 88.3 cm³/mol. The fourth-order valence-corrected chi connectivity index (χ4v) is 2.36. The van der Waals surface area contributed by atoms with Crippen LogP contribution in [0.2, 0.25) is 0 Å². The quantitative estimate of drug-likeness (QED) is 0.715. The van der Waals surface area contributed by atoms with Crippen molar-refractivity contribution in [3.8, 4) is 5.75 Å². The Morgan fingerprint density at radius 1 is 1.17 bits per heavy atom. The first-order chi connectivity index (χ1) is 11.4. The van der Waals surface area contributed by atoms with Gasteiger partial charge in [-0.05, 0) is 49.2 Å². The number of nitrogens with zero attached hydrogens (tertiary/aromatic N) is 4. The summed E-state index contributed by atoms with van der Waals surface area (Å²) in [5.41, 5.74) is 3.19. The Balaban J connectivity index is 2.11. The number of rotatable bonds is 4. The third kappa shape index (κ3) is 3.10. The Morgan fingerprint density at radius 3 is 2.67 bits per heavy atom. The molecule has 0 aliphatic carbocycles. The highest BCUT2D eigenvalue weighted by Crippen LogP contribution is 2.30. The summed E-state index contributed by atoms with van der Waals surface area (Å²) in [6.07, 6.45) is 1.52. The van der Waals surface area contributed by atoms with Crippen molar-refractivity contribution in [3.05, 3.63) is 53.3 Å². The predicted octanol–water partition coefficient (Wildman–Crippen LogP) is 3.70. The van der Waals surface area contributed by atoms with E-state index in [1.165, 1.54) is 0 Å². The van der Waals surface area contributed by atoms with Crippen LogP contribution in [0, 0.1) is 13.8 Å². The van der Waals surface area contributed by atoms with E-state index in [2.05, 4.69) is 15.2 Å². The Kier molecular flexibility index (Phi) is 3.99. The lowest BCUT2D eigenvalue weighted by Gasteiger charge is -2.00. The van der Waals surface area contributed by atoms with Crippen LogP contribution in [0.4, 0.5) is 11.5 Å². The number of carboxylic acids is 1. The average Bonchev–Trinajstić information content (AvgIpc) is 2.83. The van der Waals surface area contributed by atoms with Crippen molar-refractivity contribution in [1.29, 1.82) is 0 Å². The molecule has 7 heteroatoms. The molecule has 2 heterocycles. The largest absolute Gasteiger partial charge is 0.506 e. The van der Waals surface area contributed by atoms with E-state index in [0.29, 0.717) is 22.8 Å². The standard InChI is InChI=1S/C17H16N4O3/c1-10-3-4-14(22)12(7-10)19-20-17-13(9-16(23)24)18-15-8-11(2)5-6-21(15)17/h3-8,22H,9H2,1-2H3,(H,23,24). The Labute approximate surface area is 137 Å². The molecule has 0 saturated heterocycles. The highest BCUT2D eigenvalue weighted by atomic mass is 16.4. The first-order valence-electron chi connectivity index (χ1n) is 7.35. The normalized spacial score (nSPS) is 11.4. The molecule has 24 heavy (non-hydrogen) atoms. The number of imidazole rings is 1. The first kappa shape index (κ1) is 15.7. The second-order valence-corrected chi connectivity index (χ2v) is 5.58. The van der Waals surface area contributed by atoms with Gasteiger partial charge in [0.1, 0.15) is 17.1 Å². The first-order valence-corrected chi connectivity index (χ1v) is 7.35. The summed E-state index contributed by atoms with van der Waals surface area (Å²) in [5, 5.41) is 27.2. The number of benzene rings is 1. The summed E-state index contributed by atoms with van der Waals surface area (Å²) in [6.45, 7) is 3.81. The van der Waals surface area contributed by atoms with E-state index in [1.807, 2.05) is 26.0 Å². The third-order valence-electron chi connectivity index (χ3n) is 3.53. The minimum Gasteiger partial charge on any atom is -0.506 e. The second-order valence-electron chi connectivity index (χ2n) is 5.58. The lowest BCUT2D eigenvalue weighted by molar-refractivity contribution is -0.136. The fraction of sp³-hybridized carbons (Fsp3) is 0.176. The lowest BCUT2D eigenvalue weighted by atomic mass is 10.2. The van der Waals surface area contributed by atoms with Crippen LogP contribution in [0.1, 0.15) is 16.8 Å². The van der Waals surface area contributed by atoms with E-state index < -0.39 is 5.97 Å². The number of aliphatic carboxylic acids is 1. The number of hydrogen-bond donors (Lipinski definition) is 2. The maximum atomic E-state index is 11.1. The maximum absolute atomic E-state index is 11.1. The molecule has 3 aromatic rings. The summed E-state index contributed by atoms with van der Waals surface area (Å²) in [7, 11) is 0. The lowest BCUT2D eigenvalue weighted by Crippen LogP contribution is -2.00. The van der Waals surface area contributed by atoms with Gasteiger partial charge in [-0.15, -0.1) is 10.2 Å². The van der Waals surface area contributed by atoms with Gasteiger partial charge in [0.05, 0.1) is 12.1 Å². The van der Waals surface area contributed by atoms with E-state index >= 15 is 0 Å². The zero-order valence-electron chi connectivity index (χ0n) is 13.3. The van der Waals surface area contributed by atoms with E-state index in [-0.39, 0.29) is 12.2 Å². The molecule has 0 amide bonds. The molecule has 1 aromatic carbocycles. The van der Waals surface area contributed by atoms with Crippen molar-refractivity contribution >= 4 is 23.1 Å². The van der Waals surface area contributed by atoms with Crippen LogP contribution < -0.4 is 0 Å². The molecular formula is C17H16N4O3. The topological polar surface area (TPSA) is 99.5 Å². The molecule has 2 aromatic heterocycles. The summed E-state index contributed by atoms with van der Waals surface area (Å²) in [4.78, 5) is 15.4. The molecule has 0 saturated carbocycles. The van der Waals surface area contributed by atoms with Gasteiger partial charge in [0, 0.05) is 6.20 Å². The van der Waals surface area contributed by atoms with E-state index in [1.54, 1.807) is 28.8 Å². The zero-order chi connectivity index (χ0) is 17.3. The molecular weight excluding hydrogens is 308 g/mol. The second kappa shape index (κ2) is 6.11. The summed E-state index contributed by atoms with van der Waals surface area (Å²) >= 11 is 0. The van der Waals surface area contributed by atoms with Crippen LogP contribution in [0.3, 0.4) is 0 Å². The smallest absolute Gasteiger partial charge is 0.309 e. The monoisotopic (exact) mass is 324 g/mol. The molecule has 7 nitrogen and oxygen atoms in total. The van der Waals surface area contributed by atoms with Crippen molar-refractivity contribution in [1.82, 2.24) is 9.38 Å². The molecule has 122 valence electrons. The number of hydrogen-bond acceptors (Lipinski definition) is 5. The number of fused-ring (bicyclic) bond motifs is 1. The SMILES string of the molecule is Cc1ccc(O)c(N=Nc2c(CC(=O)O)nc3cc(C)ccn23)c1. The van der Waals surface area contributed by atoms with Crippen LogP contribution >= 0.6 is 0 Å². The average molecular weight is 324 g/mol. The third-order valence-corrected chi connectivity index (χ3v) is 3.53. The molecule has 0 atom stereocenters. The van der Waals surface area contributed by atoms with Gasteiger partial charge in [-0.25, -0.2) is 4.98 Å². The molecule has 0 spiro atoms. The molecule has 0 fully saturated rings. The van der Waals surface area contributed by atoms with Gasteiger partial charge in [-0.2, -0.15) is 0 Å². The van der Waals surface area contributed by atoms with Crippen molar-refractivity contribution in [2.24, 2.45) is 10.2 Å². The molecule has 3 rings (SSSR count). The molecule has 0 aliphatic rings. The van der Waals surface area contributed by atoms with Crippen LogP contribution in [0.25, 0.3) is 5.65 Å². The van der Waals surface area contributed by atoms with Gasteiger partial charge >= 0.3 is 5.97 Å².